The average molecular weight is 367 g/mol. The third kappa shape index (κ3) is 4.33. The number of hydrogen-bond acceptors (Lipinski definition) is 6. The molecular formula is C11H10BrF3N4O2. The maximum absolute atomic E-state index is 12.4. The molecule has 1 atom stereocenters. The highest BCUT2D eigenvalue weighted by atomic mass is 79.9. The van der Waals surface area contributed by atoms with E-state index < -0.39 is 18.2 Å². The van der Waals surface area contributed by atoms with Gasteiger partial charge in [0.2, 0.25) is 5.89 Å². The summed E-state index contributed by atoms with van der Waals surface area (Å²) < 4.78 is 46.6. The number of nitrogens with zero attached hydrogens (tertiary/aromatic N) is 2. The summed E-state index contributed by atoms with van der Waals surface area (Å²) in [5, 5.41) is 9.85. The third-order valence-corrected chi connectivity index (χ3v) is 2.73. The van der Waals surface area contributed by atoms with Crippen LogP contribution < -0.4 is 15.8 Å². The zero-order valence-corrected chi connectivity index (χ0v) is 12.2. The van der Waals surface area contributed by atoms with Gasteiger partial charge in [-0.15, -0.1) is 18.3 Å². The molecule has 1 aromatic carbocycles. The average Bonchev–Trinajstić information content (AvgIpc) is 2.79. The molecule has 1 heterocycles. The molecule has 1 aromatic heterocycles. The van der Waals surface area contributed by atoms with E-state index in [0.29, 0.717) is 4.47 Å². The second kappa shape index (κ2) is 5.90. The Balaban J connectivity index is 2.26. The van der Waals surface area contributed by atoms with Gasteiger partial charge in [0, 0.05) is 4.47 Å². The predicted octanol–water partition coefficient (Wildman–Crippen LogP) is 3.49. The van der Waals surface area contributed by atoms with Crippen molar-refractivity contribution in [2.24, 2.45) is 5.73 Å². The van der Waals surface area contributed by atoms with Crippen molar-refractivity contribution in [1.29, 1.82) is 0 Å². The van der Waals surface area contributed by atoms with E-state index in [-0.39, 0.29) is 17.6 Å². The Hall–Kier alpha value is -1.81. The Bertz CT molecular complexity index is 630. The SMILES string of the molecule is CC(N)c1nnc(Nc2ccc(Br)cc2OC(F)(F)F)o1. The highest BCUT2D eigenvalue weighted by Gasteiger charge is 2.32. The van der Waals surface area contributed by atoms with Crippen LogP contribution in [-0.2, 0) is 0 Å². The molecule has 0 saturated carbocycles. The molecule has 0 amide bonds. The molecule has 0 saturated heterocycles. The van der Waals surface area contributed by atoms with Crippen molar-refractivity contribution in [1.82, 2.24) is 10.2 Å². The van der Waals surface area contributed by atoms with E-state index in [1.165, 1.54) is 18.2 Å². The molecule has 0 fully saturated rings. The number of nitrogens with two attached hydrogens (primary N) is 1. The lowest BCUT2D eigenvalue weighted by Crippen LogP contribution is -2.18. The van der Waals surface area contributed by atoms with Crippen molar-refractivity contribution in [3.05, 3.63) is 28.6 Å². The summed E-state index contributed by atoms with van der Waals surface area (Å²) in [5.41, 5.74) is 5.57. The van der Waals surface area contributed by atoms with Crippen LogP contribution in [0, 0.1) is 0 Å². The zero-order valence-electron chi connectivity index (χ0n) is 10.6. The van der Waals surface area contributed by atoms with E-state index in [4.69, 9.17) is 10.2 Å². The zero-order chi connectivity index (χ0) is 15.6. The molecule has 2 rings (SSSR count). The largest absolute Gasteiger partial charge is 0.573 e. The lowest BCUT2D eigenvalue weighted by atomic mass is 10.3. The van der Waals surface area contributed by atoms with Crippen molar-refractivity contribution in [3.63, 3.8) is 0 Å². The van der Waals surface area contributed by atoms with Crippen LogP contribution in [0.25, 0.3) is 0 Å². The van der Waals surface area contributed by atoms with E-state index in [0.717, 1.165) is 0 Å². The van der Waals surface area contributed by atoms with Crippen molar-refractivity contribution < 1.29 is 22.3 Å². The highest BCUT2D eigenvalue weighted by molar-refractivity contribution is 9.10. The number of rotatable bonds is 4. The molecule has 2 aromatic rings. The lowest BCUT2D eigenvalue weighted by molar-refractivity contribution is -0.274. The molecule has 0 spiro atoms. The van der Waals surface area contributed by atoms with Crippen molar-refractivity contribution in [2.45, 2.75) is 19.3 Å². The fraction of sp³-hybridized carbons (Fsp3) is 0.273. The molecule has 3 N–H and O–H groups in total. The minimum Gasteiger partial charge on any atom is -0.406 e. The molecule has 114 valence electrons. The fourth-order valence-corrected chi connectivity index (χ4v) is 1.73. The number of halogens is 4. The molecule has 0 aliphatic rings. The van der Waals surface area contributed by atoms with Gasteiger partial charge < -0.3 is 20.2 Å². The van der Waals surface area contributed by atoms with Crippen molar-refractivity contribution >= 4 is 27.6 Å². The molecule has 6 nitrogen and oxygen atoms in total. The number of alkyl halides is 3. The number of ether oxygens (including phenoxy) is 1. The third-order valence-electron chi connectivity index (χ3n) is 2.24. The van der Waals surface area contributed by atoms with Crippen LogP contribution in [0.15, 0.2) is 27.1 Å². The van der Waals surface area contributed by atoms with Crippen LogP contribution in [0.3, 0.4) is 0 Å². The first-order valence-corrected chi connectivity index (χ1v) is 6.45. The molecular weight excluding hydrogens is 357 g/mol. The van der Waals surface area contributed by atoms with E-state index >= 15 is 0 Å². The molecule has 10 heteroatoms. The quantitative estimate of drug-likeness (QED) is 0.861. The normalized spacial score (nSPS) is 13.0. The number of aromatic nitrogens is 2. The van der Waals surface area contributed by atoms with Crippen molar-refractivity contribution in [3.8, 4) is 5.75 Å². The van der Waals surface area contributed by atoms with Crippen LogP contribution in [-0.4, -0.2) is 16.6 Å². The highest BCUT2D eigenvalue weighted by Crippen LogP contribution is 2.34. The molecule has 0 aliphatic heterocycles. The summed E-state index contributed by atoms with van der Waals surface area (Å²) in [4.78, 5) is 0. The summed E-state index contributed by atoms with van der Waals surface area (Å²) in [5.74, 6) is -0.273. The van der Waals surface area contributed by atoms with Crippen LogP contribution in [0.2, 0.25) is 0 Å². The molecule has 21 heavy (non-hydrogen) atoms. The Morgan fingerprint density at radius 3 is 2.67 bits per heavy atom. The maximum atomic E-state index is 12.4. The topological polar surface area (TPSA) is 86.2 Å². The van der Waals surface area contributed by atoms with Gasteiger partial charge >= 0.3 is 12.4 Å². The van der Waals surface area contributed by atoms with Gasteiger partial charge in [-0.05, 0) is 25.1 Å². The fourth-order valence-electron chi connectivity index (χ4n) is 1.39. The summed E-state index contributed by atoms with van der Waals surface area (Å²) in [7, 11) is 0. The first-order chi connectivity index (χ1) is 9.74. The van der Waals surface area contributed by atoms with Crippen LogP contribution in [0.4, 0.5) is 24.9 Å². The number of anilines is 2. The van der Waals surface area contributed by atoms with E-state index in [1.807, 2.05) is 0 Å². The Morgan fingerprint density at radius 2 is 2.10 bits per heavy atom. The van der Waals surface area contributed by atoms with Gasteiger partial charge in [0.05, 0.1) is 11.7 Å². The lowest BCUT2D eigenvalue weighted by Gasteiger charge is -2.13. The second-order valence-electron chi connectivity index (χ2n) is 4.05. The molecule has 1 unspecified atom stereocenters. The minimum atomic E-state index is -4.82. The van der Waals surface area contributed by atoms with Gasteiger partial charge in [-0.2, -0.15) is 0 Å². The minimum absolute atomic E-state index is 0.0235. The van der Waals surface area contributed by atoms with Gasteiger partial charge in [-0.25, -0.2) is 0 Å². The second-order valence-corrected chi connectivity index (χ2v) is 4.96. The number of nitrogens with one attached hydrogen (secondary N) is 1. The number of hydrogen-bond donors (Lipinski definition) is 2. The van der Waals surface area contributed by atoms with Crippen LogP contribution >= 0.6 is 15.9 Å². The molecule has 0 bridgehead atoms. The van der Waals surface area contributed by atoms with Crippen molar-refractivity contribution in [2.75, 3.05) is 5.32 Å². The monoisotopic (exact) mass is 366 g/mol. The van der Waals surface area contributed by atoms with E-state index in [2.05, 4.69) is 36.2 Å². The summed E-state index contributed by atoms with van der Waals surface area (Å²) in [6.45, 7) is 1.63. The number of benzene rings is 1. The van der Waals surface area contributed by atoms with Crippen LogP contribution in [0.5, 0.6) is 5.75 Å². The molecule has 0 radical (unpaired) electrons. The van der Waals surface area contributed by atoms with Gasteiger partial charge in [0.15, 0.2) is 5.75 Å². The smallest absolute Gasteiger partial charge is 0.406 e. The molecule has 0 aliphatic carbocycles. The summed E-state index contributed by atoms with van der Waals surface area (Å²) >= 11 is 3.07. The van der Waals surface area contributed by atoms with Gasteiger partial charge in [-0.3, -0.25) is 0 Å². The van der Waals surface area contributed by atoms with Gasteiger partial charge in [0.1, 0.15) is 0 Å². The van der Waals surface area contributed by atoms with Gasteiger partial charge in [0.25, 0.3) is 0 Å². The predicted molar refractivity (Wildman–Crippen MR) is 71.0 cm³/mol. The standard InChI is InChI=1S/C11H10BrF3N4O2/c1-5(16)9-18-19-10(20-9)17-7-3-2-6(12)4-8(7)21-11(13,14)15/h2-5H,16H2,1H3,(H,17,19). The van der Waals surface area contributed by atoms with Gasteiger partial charge in [-0.1, -0.05) is 21.0 Å². The van der Waals surface area contributed by atoms with Crippen LogP contribution in [0.1, 0.15) is 18.9 Å². The summed E-state index contributed by atoms with van der Waals surface area (Å²) in [6.07, 6.45) is -4.82. The van der Waals surface area contributed by atoms with E-state index in [9.17, 15) is 13.2 Å². The van der Waals surface area contributed by atoms with E-state index in [1.54, 1.807) is 6.92 Å². The first-order valence-electron chi connectivity index (χ1n) is 5.66. The Morgan fingerprint density at radius 1 is 1.38 bits per heavy atom. The Labute approximate surface area is 125 Å². The first kappa shape index (κ1) is 15.6. The Kier molecular flexibility index (Phi) is 4.37. The maximum Gasteiger partial charge on any atom is 0.573 e. The summed E-state index contributed by atoms with van der Waals surface area (Å²) in [6, 6.07) is 3.51.